The van der Waals surface area contributed by atoms with Crippen molar-refractivity contribution in [2.24, 2.45) is 7.05 Å². The number of anilines is 1. The molecule has 1 aromatic heterocycles. The molecule has 0 radical (unpaired) electrons. The number of thioether (sulfide) groups is 1. The van der Waals surface area contributed by atoms with E-state index >= 15 is 0 Å². The molecular weight excluding hydrogens is 321 g/mol. The molecule has 0 aliphatic heterocycles. The van der Waals surface area contributed by atoms with Crippen LogP contribution in [0.25, 0.3) is 0 Å². The third kappa shape index (κ3) is 3.91. The quantitative estimate of drug-likeness (QED) is 0.838. The zero-order chi connectivity index (χ0) is 16.3. The first-order valence-corrected chi connectivity index (χ1v) is 6.97. The van der Waals surface area contributed by atoms with Crippen molar-refractivity contribution in [1.82, 2.24) is 14.8 Å². The second-order valence-corrected chi connectivity index (χ2v) is 5.22. The second kappa shape index (κ2) is 6.26. The first-order chi connectivity index (χ1) is 10.3. The van der Waals surface area contributed by atoms with Gasteiger partial charge in [-0.05, 0) is 24.3 Å². The molecule has 0 atom stereocenters. The summed E-state index contributed by atoms with van der Waals surface area (Å²) in [5.41, 5.74) is -0.924. The van der Waals surface area contributed by atoms with Crippen LogP contribution in [0.4, 0.5) is 18.9 Å². The zero-order valence-electron chi connectivity index (χ0n) is 11.3. The highest BCUT2D eigenvalue weighted by Gasteiger charge is 2.29. The third-order valence-corrected chi connectivity index (χ3v) is 3.70. The molecule has 1 heterocycles. The average Bonchev–Trinajstić information content (AvgIpc) is 2.76. The van der Waals surface area contributed by atoms with Crippen LogP contribution in [0.15, 0.2) is 34.2 Å². The van der Waals surface area contributed by atoms with Gasteiger partial charge in [0.2, 0.25) is 5.91 Å². The van der Waals surface area contributed by atoms with Crippen molar-refractivity contribution in [2.75, 3.05) is 11.1 Å². The molecule has 0 saturated heterocycles. The molecule has 1 amide bonds. The summed E-state index contributed by atoms with van der Waals surface area (Å²) < 4.78 is 38.5. The molecule has 2 aromatic rings. The number of hydrogen-bond donors (Lipinski definition) is 2. The molecule has 22 heavy (non-hydrogen) atoms. The highest BCUT2D eigenvalue weighted by molar-refractivity contribution is 7.99. The van der Waals surface area contributed by atoms with Crippen LogP contribution in [0, 0.1) is 0 Å². The summed E-state index contributed by atoms with van der Waals surface area (Å²) in [7, 11) is 1.50. The number of hydrogen-bond acceptors (Lipinski definition) is 4. The maximum absolute atomic E-state index is 12.4. The number of alkyl halides is 3. The van der Waals surface area contributed by atoms with Gasteiger partial charge in [-0.1, -0.05) is 11.8 Å². The van der Waals surface area contributed by atoms with Gasteiger partial charge in [0.05, 0.1) is 11.3 Å². The number of aromatic amines is 1. The van der Waals surface area contributed by atoms with Crippen LogP contribution < -0.4 is 11.0 Å². The van der Waals surface area contributed by atoms with Crippen LogP contribution in [0.5, 0.6) is 0 Å². The molecule has 6 nitrogen and oxygen atoms in total. The lowest BCUT2D eigenvalue weighted by Gasteiger charge is -2.08. The van der Waals surface area contributed by atoms with Crippen molar-refractivity contribution < 1.29 is 18.0 Å². The number of aromatic nitrogens is 3. The highest BCUT2D eigenvalue weighted by atomic mass is 32.2. The number of amides is 1. The zero-order valence-corrected chi connectivity index (χ0v) is 12.1. The van der Waals surface area contributed by atoms with Crippen molar-refractivity contribution in [3.8, 4) is 0 Å². The second-order valence-electron chi connectivity index (χ2n) is 4.28. The van der Waals surface area contributed by atoms with Crippen LogP contribution in [0.1, 0.15) is 5.56 Å². The molecule has 2 N–H and O–H groups in total. The van der Waals surface area contributed by atoms with Gasteiger partial charge in [0.1, 0.15) is 0 Å². The summed E-state index contributed by atoms with van der Waals surface area (Å²) in [4.78, 5) is 22.8. The highest BCUT2D eigenvalue weighted by Crippen LogP contribution is 2.29. The van der Waals surface area contributed by atoms with Crippen molar-refractivity contribution in [1.29, 1.82) is 0 Å². The van der Waals surface area contributed by atoms with Gasteiger partial charge < -0.3 is 5.32 Å². The van der Waals surface area contributed by atoms with Gasteiger partial charge in [0, 0.05) is 12.7 Å². The Bertz CT molecular complexity index is 721. The minimum absolute atomic E-state index is 0.0286. The van der Waals surface area contributed by atoms with E-state index in [2.05, 4.69) is 15.5 Å². The summed E-state index contributed by atoms with van der Waals surface area (Å²) in [5, 5.41) is 8.75. The fourth-order valence-electron chi connectivity index (χ4n) is 1.53. The van der Waals surface area contributed by atoms with Gasteiger partial charge in [-0.2, -0.15) is 13.2 Å². The number of carbonyl (C=O) groups is 1. The van der Waals surface area contributed by atoms with E-state index in [1.54, 1.807) is 0 Å². The number of halogens is 3. The minimum atomic E-state index is -4.41. The summed E-state index contributed by atoms with van der Waals surface area (Å²) in [6.45, 7) is 0. The average molecular weight is 332 g/mol. The molecule has 0 aliphatic rings. The largest absolute Gasteiger partial charge is 0.416 e. The lowest BCUT2D eigenvalue weighted by atomic mass is 10.2. The fraction of sp³-hybridized carbons (Fsp3) is 0.250. The molecule has 2 rings (SSSR count). The lowest BCUT2D eigenvalue weighted by Crippen LogP contribution is -2.16. The molecular formula is C12H11F3N4O2S. The Morgan fingerprint density at radius 3 is 2.50 bits per heavy atom. The van der Waals surface area contributed by atoms with Gasteiger partial charge in [0.25, 0.3) is 0 Å². The van der Waals surface area contributed by atoms with Crippen LogP contribution in [-0.2, 0) is 18.0 Å². The smallest absolute Gasteiger partial charge is 0.325 e. The Labute approximate surface area is 126 Å². The van der Waals surface area contributed by atoms with E-state index in [1.807, 2.05) is 0 Å². The van der Waals surface area contributed by atoms with E-state index in [0.29, 0.717) is 5.16 Å². The summed E-state index contributed by atoms with van der Waals surface area (Å²) in [6.07, 6.45) is -4.41. The van der Waals surface area contributed by atoms with E-state index in [1.165, 1.54) is 23.7 Å². The van der Waals surface area contributed by atoms with Crippen molar-refractivity contribution >= 4 is 23.4 Å². The summed E-state index contributed by atoms with van der Waals surface area (Å²) in [5.74, 6) is -0.445. The molecule has 0 aliphatic carbocycles. The molecule has 0 spiro atoms. The SMILES string of the molecule is Cn1c(SCC(=O)Nc2ccc(C(F)(F)F)cc2)n[nH]c1=O. The van der Waals surface area contributed by atoms with Gasteiger partial charge in [0.15, 0.2) is 5.16 Å². The lowest BCUT2D eigenvalue weighted by molar-refractivity contribution is -0.137. The Morgan fingerprint density at radius 2 is 2.00 bits per heavy atom. The normalized spacial score (nSPS) is 11.5. The number of nitrogens with one attached hydrogen (secondary N) is 2. The van der Waals surface area contributed by atoms with Crippen molar-refractivity contribution in [3.63, 3.8) is 0 Å². The van der Waals surface area contributed by atoms with E-state index in [0.717, 1.165) is 23.9 Å². The molecule has 0 bridgehead atoms. The number of H-pyrrole nitrogens is 1. The summed E-state index contributed by atoms with van der Waals surface area (Å²) in [6, 6.07) is 4.13. The van der Waals surface area contributed by atoms with Crippen LogP contribution >= 0.6 is 11.8 Å². The Hall–Kier alpha value is -2.23. The maximum Gasteiger partial charge on any atom is 0.416 e. The van der Waals surface area contributed by atoms with E-state index in [-0.39, 0.29) is 11.4 Å². The monoisotopic (exact) mass is 332 g/mol. The Morgan fingerprint density at radius 1 is 1.36 bits per heavy atom. The number of benzene rings is 1. The standard InChI is InChI=1S/C12H11F3N4O2S/c1-19-10(21)17-18-11(19)22-6-9(20)16-8-4-2-7(3-5-8)12(13,14)15/h2-5H,6H2,1H3,(H,16,20)(H,17,21). The third-order valence-electron chi connectivity index (χ3n) is 2.67. The van der Waals surface area contributed by atoms with Gasteiger partial charge in [-0.25, -0.2) is 9.89 Å². The van der Waals surface area contributed by atoms with Crippen LogP contribution in [-0.4, -0.2) is 26.4 Å². The summed E-state index contributed by atoms with van der Waals surface area (Å²) >= 11 is 1.03. The van der Waals surface area contributed by atoms with E-state index in [4.69, 9.17) is 0 Å². The minimum Gasteiger partial charge on any atom is -0.325 e. The first-order valence-electron chi connectivity index (χ1n) is 5.98. The van der Waals surface area contributed by atoms with Gasteiger partial charge in [-0.3, -0.25) is 9.36 Å². The van der Waals surface area contributed by atoms with E-state index in [9.17, 15) is 22.8 Å². The first kappa shape index (κ1) is 16.1. The Kier molecular flexibility index (Phi) is 4.59. The number of carbonyl (C=O) groups excluding carboxylic acids is 1. The van der Waals surface area contributed by atoms with Crippen molar-refractivity contribution in [2.45, 2.75) is 11.3 Å². The topological polar surface area (TPSA) is 79.8 Å². The van der Waals surface area contributed by atoms with Crippen LogP contribution in [0.2, 0.25) is 0 Å². The molecule has 118 valence electrons. The van der Waals surface area contributed by atoms with Gasteiger partial charge in [-0.15, -0.1) is 5.10 Å². The predicted molar refractivity (Wildman–Crippen MR) is 74.6 cm³/mol. The van der Waals surface area contributed by atoms with Crippen molar-refractivity contribution in [3.05, 3.63) is 40.3 Å². The molecule has 0 saturated carbocycles. The van der Waals surface area contributed by atoms with Gasteiger partial charge >= 0.3 is 11.9 Å². The molecule has 0 unspecified atom stereocenters. The predicted octanol–water partition coefficient (Wildman–Crippen LogP) is 1.86. The molecule has 10 heteroatoms. The molecule has 1 aromatic carbocycles. The fourth-order valence-corrected chi connectivity index (χ4v) is 2.25. The number of rotatable bonds is 4. The molecule has 0 fully saturated rings. The maximum atomic E-state index is 12.4. The van der Waals surface area contributed by atoms with E-state index < -0.39 is 23.3 Å². The van der Waals surface area contributed by atoms with Crippen LogP contribution in [0.3, 0.4) is 0 Å². The number of nitrogens with zero attached hydrogens (tertiary/aromatic N) is 2. The Balaban J connectivity index is 1.92.